The molecule has 0 aromatic carbocycles. The second-order valence-electron chi connectivity index (χ2n) is 5.18. The number of ether oxygens (including phenoxy) is 1. The van der Waals surface area contributed by atoms with Crippen LogP contribution >= 0.6 is 11.8 Å². The van der Waals surface area contributed by atoms with Crippen LogP contribution in [0.15, 0.2) is 24.1 Å². The number of hydrogen-bond donors (Lipinski definition) is 2. The van der Waals surface area contributed by atoms with E-state index in [2.05, 4.69) is 15.0 Å². The number of imidazole rings is 1. The van der Waals surface area contributed by atoms with Gasteiger partial charge in [-0.3, -0.25) is 4.57 Å². The smallest absolute Gasteiger partial charge is 0.165 e. The van der Waals surface area contributed by atoms with Gasteiger partial charge in [-0.25, -0.2) is 15.0 Å². The number of aromatic nitrogens is 4. The molecule has 0 bridgehead atoms. The third-order valence-corrected chi connectivity index (χ3v) is 4.97. The van der Waals surface area contributed by atoms with Crippen LogP contribution in [0.5, 0.6) is 0 Å². The predicted octanol–water partition coefficient (Wildman–Crippen LogP) is 0.383. The fourth-order valence-electron chi connectivity index (χ4n) is 2.70. The number of rotatable bonds is 2. The molecule has 8 heteroatoms. The molecule has 1 unspecified atom stereocenters. The summed E-state index contributed by atoms with van der Waals surface area (Å²) in [7, 11) is 0. The van der Waals surface area contributed by atoms with Crippen LogP contribution in [0.2, 0.25) is 0 Å². The van der Waals surface area contributed by atoms with Gasteiger partial charge in [0.05, 0.1) is 17.3 Å². The summed E-state index contributed by atoms with van der Waals surface area (Å²) in [6.45, 7) is 1.85. The lowest BCUT2D eigenvalue weighted by Crippen LogP contribution is -2.37. The van der Waals surface area contributed by atoms with Crippen molar-refractivity contribution in [1.82, 2.24) is 19.5 Å². The summed E-state index contributed by atoms with van der Waals surface area (Å²) in [5.41, 5.74) is 2.03. The Labute approximate surface area is 124 Å². The molecule has 0 aliphatic carbocycles. The van der Waals surface area contributed by atoms with Gasteiger partial charge < -0.3 is 14.9 Å². The van der Waals surface area contributed by atoms with E-state index in [1.165, 1.54) is 6.33 Å². The van der Waals surface area contributed by atoms with E-state index in [0.29, 0.717) is 11.2 Å². The predicted molar refractivity (Wildman–Crippen MR) is 76.5 cm³/mol. The van der Waals surface area contributed by atoms with Crippen molar-refractivity contribution in [1.29, 1.82) is 0 Å². The standard InChI is InChI=1S/C13H14N4O3S/c1-6-8-12(15-4-14-6)17(5-16-8)13-10(19)9(18)11(20-13)7-2-3-21-7/h2-5,7,9-11,13,18-19H,1H3/t7?,9-,10+,11+,13+/m0/s1. The van der Waals surface area contributed by atoms with Crippen LogP contribution in [0.25, 0.3) is 11.2 Å². The zero-order chi connectivity index (χ0) is 14.6. The first kappa shape index (κ1) is 13.2. The van der Waals surface area contributed by atoms with Crippen molar-refractivity contribution in [3.8, 4) is 0 Å². The van der Waals surface area contributed by atoms with Crippen LogP contribution in [0.1, 0.15) is 11.9 Å². The second-order valence-corrected chi connectivity index (χ2v) is 6.27. The quantitative estimate of drug-likeness (QED) is 0.828. The molecular formula is C13H14N4O3S. The third kappa shape index (κ3) is 1.90. The minimum absolute atomic E-state index is 0.0748. The lowest BCUT2D eigenvalue weighted by atomic mass is 10.1. The molecule has 4 heterocycles. The molecule has 4 rings (SSSR count). The molecule has 21 heavy (non-hydrogen) atoms. The Morgan fingerprint density at radius 2 is 2.05 bits per heavy atom. The fraction of sp³-hybridized carbons (Fsp3) is 0.462. The maximum Gasteiger partial charge on any atom is 0.165 e. The Morgan fingerprint density at radius 3 is 2.76 bits per heavy atom. The summed E-state index contributed by atoms with van der Waals surface area (Å²) in [5.74, 6) is 0. The third-order valence-electron chi connectivity index (χ3n) is 3.92. The first-order valence-corrected chi connectivity index (χ1v) is 7.59. The maximum atomic E-state index is 10.3. The molecule has 0 saturated carbocycles. The maximum absolute atomic E-state index is 10.3. The Morgan fingerprint density at radius 1 is 1.24 bits per heavy atom. The van der Waals surface area contributed by atoms with Gasteiger partial charge in [-0.1, -0.05) is 6.08 Å². The van der Waals surface area contributed by atoms with E-state index in [1.807, 2.05) is 18.4 Å². The first-order valence-electron chi connectivity index (χ1n) is 6.64. The highest BCUT2D eigenvalue weighted by Crippen LogP contribution is 2.39. The molecule has 1 saturated heterocycles. The molecule has 2 aliphatic heterocycles. The van der Waals surface area contributed by atoms with Crippen molar-refractivity contribution in [2.75, 3.05) is 0 Å². The number of nitrogens with zero attached hydrogens (tertiary/aromatic N) is 4. The number of thioether (sulfide) groups is 1. The van der Waals surface area contributed by atoms with Gasteiger partial charge in [0.25, 0.3) is 0 Å². The summed E-state index contributed by atoms with van der Waals surface area (Å²) in [6, 6.07) is 0. The number of hydrogen-bond acceptors (Lipinski definition) is 7. The second kappa shape index (κ2) is 4.77. The van der Waals surface area contributed by atoms with Crippen LogP contribution in [0.3, 0.4) is 0 Å². The molecule has 0 amide bonds. The van der Waals surface area contributed by atoms with Crippen molar-refractivity contribution in [2.24, 2.45) is 0 Å². The molecule has 2 aromatic rings. The summed E-state index contributed by atoms with van der Waals surface area (Å²) in [6.07, 6.45) is 1.91. The molecule has 0 spiro atoms. The fourth-order valence-corrected chi connectivity index (χ4v) is 3.42. The molecule has 5 atom stereocenters. The van der Waals surface area contributed by atoms with Gasteiger partial charge in [-0.2, -0.15) is 0 Å². The van der Waals surface area contributed by atoms with Crippen molar-refractivity contribution in [3.63, 3.8) is 0 Å². The number of aryl methyl sites for hydroxylation is 1. The van der Waals surface area contributed by atoms with Crippen LogP contribution in [0, 0.1) is 6.92 Å². The van der Waals surface area contributed by atoms with Crippen LogP contribution in [-0.2, 0) is 4.74 Å². The molecule has 110 valence electrons. The Kier molecular flexibility index (Phi) is 3.00. The summed E-state index contributed by atoms with van der Waals surface area (Å²) < 4.78 is 7.53. The van der Waals surface area contributed by atoms with Gasteiger partial charge in [0, 0.05) is 0 Å². The topological polar surface area (TPSA) is 93.3 Å². The van der Waals surface area contributed by atoms with Crippen molar-refractivity contribution < 1.29 is 14.9 Å². The van der Waals surface area contributed by atoms with E-state index in [4.69, 9.17) is 4.74 Å². The monoisotopic (exact) mass is 306 g/mol. The van der Waals surface area contributed by atoms with E-state index >= 15 is 0 Å². The molecule has 2 aromatic heterocycles. The van der Waals surface area contributed by atoms with Crippen molar-refractivity contribution in [2.45, 2.75) is 36.7 Å². The van der Waals surface area contributed by atoms with Crippen LogP contribution in [-0.4, -0.2) is 53.3 Å². The Bertz CT molecular complexity index is 719. The van der Waals surface area contributed by atoms with Crippen LogP contribution in [0.4, 0.5) is 0 Å². The Balaban J connectivity index is 1.72. The minimum Gasteiger partial charge on any atom is -0.387 e. The number of aliphatic hydroxyl groups is 2. The zero-order valence-electron chi connectivity index (χ0n) is 11.2. The van der Waals surface area contributed by atoms with Gasteiger partial charge in [-0.15, -0.1) is 11.8 Å². The lowest BCUT2D eigenvalue weighted by Gasteiger charge is -2.25. The average Bonchev–Trinajstić information content (AvgIpc) is 2.95. The Hall–Kier alpha value is -1.48. The SMILES string of the molecule is Cc1ncnc2c1ncn2[C@@H]1O[C@H](C2C=CS2)[C@@H](O)[C@H]1O. The van der Waals surface area contributed by atoms with E-state index in [-0.39, 0.29) is 5.25 Å². The largest absolute Gasteiger partial charge is 0.387 e. The molecule has 1 fully saturated rings. The van der Waals surface area contributed by atoms with Crippen molar-refractivity contribution >= 4 is 22.9 Å². The minimum atomic E-state index is -1.02. The van der Waals surface area contributed by atoms with E-state index in [1.54, 1.807) is 22.7 Å². The average molecular weight is 306 g/mol. The van der Waals surface area contributed by atoms with E-state index < -0.39 is 24.5 Å². The lowest BCUT2D eigenvalue weighted by molar-refractivity contribution is -0.0326. The zero-order valence-corrected chi connectivity index (χ0v) is 12.0. The van der Waals surface area contributed by atoms with Gasteiger partial charge in [0.15, 0.2) is 11.9 Å². The summed E-state index contributed by atoms with van der Waals surface area (Å²) >= 11 is 1.59. The normalized spacial score (nSPS) is 35.3. The number of aliphatic hydroxyl groups excluding tert-OH is 2. The molecule has 2 N–H and O–H groups in total. The molecule has 0 radical (unpaired) electrons. The van der Waals surface area contributed by atoms with Gasteiger partial charge in [0.1, 0.15) is 30.2 Å². The van der Waals surface area contributed by atoms with E-state index in [0.717, 1.165) is 5.69 Å². The molecule has 7 nitrogen and oxygen atoms in total. The summed E-state index contributed by atoms with van der Waals surface area (Å²) in [5, 5.41) is 22.5. The van der Waals surface area contributed by atoms with Crippen LogP contribution < -0.4 is 0 Å². The van der Waals surface area contributed by atoms with Gasteiger partial charge >= 0.3 is 0 Å². The highest BCUT2D eigenvalue weighted by atomic mass is 32.2. The summed E-state index contributed by atoms with van der Waals surface area (Å²) in [4.78, 5) is 12.6. The van der Waals surface area contributed by atoms with Gasteiger partial charge in [-0.05, 0) is 12.3 Å². The number of fused-ring (bicyclic) bond motifs is 1. The first-order chi connectivity index (χ1) is 10.2. The van der Waals surface area contributed by atoms with E-state index in [9.17, 15) is 10.2 Å². The molecule has 2 aliphatic rings. The highest BCUT2D eigenvalue weighted by Gasteiger charge is 2.48. The van der Waals surface area contributed by atoms with Gasteiger partial charge in [0.2, 0.25) is 0 Å². The van der Waals surface area contributed by atoms with Crippen molar-refractivity contribution in [3.05, 3.63) is 29.8 Å². The molecular weight excluding hydrogens is 292 g/mol. The highest BCUT2D eigenvalue weighted by molar-refractivity contribution is 8.04.